The lowest BCUT2D eigenvalue weighted by molar-refractivity contribution is 0.0516. The molecule has 10 nitrogen and oxygen atoms in total. The molecule has 0 atom stereocenters. The van der Waals surface area contributed by atoms with Crippen molar-refractivity contribution >= 4 is 55.3 Å². The molecule has 0 saturated heterocycles. The molecule has 2 heterocycles. The molecule has 0 aliphatic rings. The number of ether oxygens (including phenoxy) is 3. The van der Waals surface area contributed by atoms with Crippen LogP contribution in [0.4, 0.5) is 5.69 Å². The van der Waals surface area contributed by atoms with Gasteiger partial charge in [-0.1, -0.05) is 25.5 Å². The maximum Gasteiger partial charge on any atom is 0.355 e. The molecule has 0 fully saturated rings. The third kappa shape index (κ3) is 5.90. The minimum Gasteiger partial charge on any atom is -0.493 e. The highest BCUT2D eigenvalue weighted by molar-refractivity contribution is 7.92. The molecule has 1 N–H and O–H groups in total. The van der Waals surface area contributed by atoms with Crippen molar-refractivity contribution in [3.8, 4) is 22.6 Å². The lowest BCUT2D eigenvalue weighted by Gasteiger charge is -2.13. The van der Waals surface area contributed by atoms with Crippen LogP contribution in [0.25, 0.3) is 33.1 Å². The maximum atomic E-state index is 13.7. The highest BCUT2D eigenvalue weighted by atomic mass is 32.2. The number of aromatic nitrogens is 3. The molecule has 42 heavy (non-hydrogen) atoms. The van der Waals surface area contributed by atoms with Gasteiger partial charge >= 0.3 is 5.97 Å². The molecule has 2 aromatic heterocycles. The van der Waals surface area contributed by atoms with Crippen molar-refractivity contribution in [3.63, 3.8) is 0 Å². The van der Waals surface area contributed by atoms with Gasteiger partial charge in [-0.25, -0.2) is 13.2 Å². The number of carbonyl (C=O) groups excluding carboxylic acids is 1. The molecule has 0 bridgehead atoms. The van der Waals surface area contributed by atoms with Crippen LogP contribution < -0.4 is 14.2 Å². The summed E-state index contributed by atoms with van der Waals surface area (Å²) >= 11 is 1.14. The Kier molecular flexibility index (Phi) is 8.64. The summed E-state index contributed by atoms with van der Waals surface area (Å²) in [5, 5.41) is 0.678. The predicted molar refractivity (Wildman–Crippen MR) is 165 cm³/mol. The van der Waals surface area contributed by atoms with E-state index in [1.54, 1.807) is 45.4 Å². The SMILES string of the molecule is CCCCS(=O)(=O)Nc1ccc2c(c1)c(-c1ccc(OC)c(OC)c1)c(C(=O)OCC)n2Cc1ccc2nsnc2c1. The average Bonchev–Trinajstić information content (AvgIpc) is 3.57. The van der Waals surface area contributed by atoms with Crippen LogP contribution in [0.2, 0.25) is 0 Å². The van der Waals surface area contributed by atoms with Crippen LogP contribution in [0.1, 0.15) is 42.7 Å². The molecule has 220 valence electrons. The van der Waals surface area contributed by atoms with Crippen LogP contribution in [-0.4, -0.2) is 54.3 Å². The summed E-state index contributed by atoms with van der Waals surface area (Å²) in [6.07, 6.45) is 1.31. The Balaban J connectivity index is 1.76. The average molecular weight is 609 g/mol. The standard InChI is InChI=1S/C30H32N4O6S2/c1-5-7-14-42(36,37)33-21-10-12-25-22(17-21)28(20-9-13-26(38-3)27(16-20)39-4)29(30(35)40-6-2)34(25)18-19-8-11-23-24(15-19)32-41-31-23/h8-13,15-17,33H,5-7,14,18H2,1-4H3. The summed E-state index contributed by atoms with van der Waals surface area (Å²) in [4.78, 5) is 13.7. The molecule has 0 spiro atoms. The van der Waals surface area contributed by atoms with E-state index in [0.717, 1.165) is 40.3 Å². The minimum absolute atomic E-state index is 0.0209. The van der Waals surface area contributed by atoms with Gasteiger partial charge in [0.15, 0.2) is 11.5 Å². The Morgan fingerprint density at radius 2 is 1.74 bits per heavy atom. The molecule has 0 amide bonds. The van der Waals surface area contributed by atoms with E-state index >= 15 is 0 Å². The van der Waals surface area contributed by atoms with E-state index in [2.05, 4.69) is 13.5 Å². The van der Waals surface area contributed by atoms with Gasteiger partial charge in [0.1, 0.15) is 16.7 Å². The molecular weight excluding hydrogens is 576 g/mol. The number of hydrogen-bond donors (Lipinski definition) is 1. The van der Waals surface area contributed by atoms with Crippen LogP contribution >= 0.6 is 11.7 Å². The summed E-state index contributed by atoms with van der Waals surface area (Å²) in [6, 6.07) is 16.5. The van der Waals surface area contributed by atoms with Crippen LogP contribution in [-0.2, 0) is 21.3 Å². The summed E-state index contributed by atoms with van der Waals surface area (Å²) in [5.41, 5.74) is 5.24. The van der Waals surface area contributed by atoms with Gasteiger partial charge in [-0.3, -0.25) is 4.72 Å². The molecule has 0 aliphatic carbocycles. The van der Waals surface area contributed by atoms with Crippen molar-refractivity contribution in [1.82, 2.24) is 13.3 Å². The first-order valence-electron chi connectivity index (χ1n) is 13.6. The Labute approximate surface area is 248 Å². The number of nitrogens with zero attached hydrogens (tertiary/aromatic N) is 3. The van der Waals surface area contributed by atoms with Gasteiger partial charge in [0.25, 0.3) is 0 Å². The summed E-state index contributed by atoms with van der Waals surface area (Å²) in [7, 11) is -0.451. The second-order valence-electron chi connectivity index (χ2n) is 9.69. The van der Waals surface area contributed by atoms with Crippen LogP contribution in [0.5, 0.6) is 11.5 Å². The van der Waals surface area contributed by atoms with Crippen molar-refractivity contribution in [1.29, 1.82) is 0 Å². The van der Waals surface area contributed by atoms with E-state index in [9.17, 15) is 13.2 Å². The number of anilines is 1. The number of esters is 1. The van der Waals surface area contributed by atoms with Gasteiger partial charge in [-0.2, -0.15) is 8.75 Å². The summed E-state index contributed by atoms with van der Waals surface area (Å²) < 4.78 is 55.4. The van der Waals surface area contributed by atoms with E-state index < -0.39 is 16.0 Å². The van der Waals surface area contributed by atoms with Crippen molar-refractivity contribution in [2.24, 2.45) is 0 Å². The first-order valence-corrected chi connectivity index (χ1v) is 15.9. The fraction of sp³-hybridized carbons (Fsp3) is 0.300. The maximum absolute atomic E-state index is 13.7. The van der Waals surface area contributed by atoms with Gasteiger partial charge in [0, 0.05) is 28.7 Å². The second kappa shape index (κ2) is 12.4. The summed E-state index contributed by atoms with van der Waals surface area (Å²) in [5.74, 6) is 0.549. The Morgan fingerprint density at radius 1 is 0.952 bits per heavy atom. The topological polar surface area (TPSA) is 122 Å². The smallest absolute Gasteiger partial charge is 0.355 e. The van der Waals surface area contributed by atoms with Gasteiger partial charge in [0.05, 0.1) is 38.3 Å². The number of nitrogens with one attached hydrogen (secondary N) is 1. The van der Waals surface area contributed by atoms with E-state index in [-0.39, 0.29) is 12.4 Å². The van der Waals surface area contributed by atoms with Gasteiger partial charge < -0.3 is 18.8 Å². The number of sulfonamides is 1. The third-order valence-corrected chi connectivity index (χ3v) is 8.83. The zero-order chi connectivity index (χ0) is 29.9. The molecule has 5 aromatic rings. The van der Waals surface area contributed by atoms with Crippen molar-refractivity contribution in [2.45, 2.75) is 33.2 Å². The molecule has 0 aliphatic heterocycles. The fourth-order valence-electron chi connectivity index (χ4n) is 4.95. The van der Waals surface area contributed by atoms with Crippen molar-refractivity contribution < 1.29 is 27.4 Å². The fourth-order valence-corrected chi connectivity index (χ4v) is 6.73. The quantitative estimate of drug-likeness (QED) is 0.169. The van der Waals surface area contributed by atoms with E-state index in [1.165, 1.54) is 0 Å². The minimum atomic E-state index is -3.55. The molecular formula is C30H32N4O6S2. The third-order valence-electron chi connectivity index (χ3n) is 6.90. The largest absolute Gasteiger partial charge is 0.493 e. The molecule has 12 heteroatoms. The lowest BCUT2D eigenvalue weighted by Crippen LogP contribution is -2.16. The first-order chi connectivity index (χ1) is 20.3. The normalized spacial score (nSPS) is 11.6. The second-order valence-corrected chi connectivity index (χ2v) is 12.1. The highest BCUT2D eigenvalue weighted by Gasteiger charge is 2.27. The molecule has 0 radical (unpaired) electrons. The molecule has 5 rings (SSSR count). The number of carbonyl (C=O) groups is 1. The van der Waals surface area contributed by atoms with Crippen molar-refractivity contribution in [3.05, 3.63) is 65.9 Å². The summed E-state index contributed by atoms with van der Waals surface area (Å²) in [6.45, 7) is 4.23. The molecule has 0 unspecified atom stereocenters. The van der Waals surface area contributed by atoms with Crippen LogP contribution in [0.3, 0.4) is 0 Å². The number of benzene rings is 3. The van der Waals surface area contributed by atoms with E-state index in [4.69, 9.17) is 14.2 Å². The Bertz CT molecular complexity index is 1860. The van der Waals surface area contributed by atoms with E-state index in [1.807, 2.05) is 41.8 Å². The van der Waals surface area contributed by atoms with E-state index in [0.29, 0.717) is 52.4 Å². The number of rotatable bonds is 12. The van der Waals surface area contributed by atoms with Gasteiger partial charge in [0.2, 0.25) is 10.0 Å². The Hall–Kier alpha value is -4.16. The zero-order valence-corrected chi connectivity index (χ0v) is 25.5. The zero-order valence-electron chi connectivity index (χ0n) is 23.8. The number of methoxy groups -OCH3 is 2. The Morgan fingerprint density at radius 3 is 2.48 bits per heavy atom. The van der Waals surface area contributed by atoms with Crippen molar-refractivity contribution in [2.75, 3.05) is 31.3 Å². The monoisotopic (exact) mass is 608 g/mol. The predicted octanol–water partition coefficient (Wildman–Crippen LogP) is 6.10. The van der Waals surface area contributed by atoms with Gasteiger partial charge in [-0.15, -0.1) is 0 Å². The number of fused-ring (bicyclic) bond motifs is 2. The van der Waals surface area contributed by atoms with Gasteiger partial charge in [-0.05, 0) is 66.9 Å². The number of unbranched alkanes of at least 4 members (excludes halogenated alkanes) is 1. The highest BCUT2D eigenvalue weighted by Crippen LogP contribution is 2.41. The lowest BCUT2D eigenvalue weighted by atomic mass is 10.0. The number of hydrogen-bond acceptors (Lipinski definition) is 9. The first kappa shape index (κ1) is 29.3. The molecule has 3 aromatic carbocycles. The van der Waals surface area contributed by atoms with Crippen LogP contribution in [0, 0.1) is 0 Å². The van der Waals surface area contributed by atoms with Crippen LogP contribution in [0.15, 0.2) is 54.6 Å². The molecule has 0 saturated carbocycles.